The summed E-state index contributed by atoms with van der Waals surface area (Å²) < 4.78 is 5.23. The van der Waals surface area contributed by atoms with Crippen LogP contribution in [0, 0.1) is 11.8 Å². The van der Waals surface area contributed by atoms with Crippen LogP contribution >= 0.6 is 0 Å². The van der Waals surface area contributed by atoms with Crippen LogP contribution in [0.4, 0.5) is 4.79 Å². The van der Waals surface area contributed by atoms with E-state index in [4.69, 9.17) is 9.52 Å². The van der Waals surface area contributed by atoms with Gasteiger partial charge in [0.1, 0.15) is 5.76 Å². The van der Waals surface area contributed by atoms with Gasteiger partial charge in [-0.2, -0.15) is 0 Å². The van der Waals surface area contributed by atoms with Gasteiger partial charge in [-0.25, -0.2) is 4.79 Å². The number of furan rings is 1. The van der Waals surface area contributed by atoms with Crippen LogP contribution in [-0.4, -0.2) is 41.1 Å². The van der Waals surface area contributed by atoms with E-state index >= 15 is 0 Å². The molecule has 1 aliphatic heterocycles. The molecule has 0 radical (unpaired) electrons. The number of carbonyl (C=O) groups is 2. The van der Waals surface area contributed by atoms with Gasteiger partial charge in [0.2, 0.25) is 0 Å². The molecule has 1 aliphatic rings. The molecule has 2 amide bonds. The first-order valence-corrected chi connectivity index (χ1v) is 6.78. The van der Waals surface area contributed by atoms with Crippen molar-refractivity contribution in [3.05, 3.63) is 24.2 Å². The Kier molecular flexibility index (Phi) is 4.32. The fraction of sp³-hybridized carbons (Fsp3) is 0.571. The van der Waals surface area contributed by atoms with Crippen LogP contribution in [0.2, 0.25) is 0 Å². The molecular weight excluding hydrogens is 260 g/mol. The number of urea groups is 1. The Morgan fingerprint density at radius 2 is 2.20 bits per heavy atom. The molecular formula is C14H20N2O4. The van der Waals surface area contributed by atoms with Gasteiger partial charge in [0.05, 0.1) is 12.2 Å². The second-order valence-corrected chi connectivity index (χ2v) is 5.43. The zero-order valence-corrected chi connectivity index (χ0v) is 11.7. The first-order valence-electron chi connectivity index (χ1n) is 6.78. The highest BCUT2D eigenvalue weighted by Crippen LogP contribution is 2.24. The van der Waals surface area contributed by atoms with Gasteiger partial charge in [-0.1, -0.05) is 6.92 Å². The number of carboxylic acids is 1. The highest BCUT2D eigenvalue weighted by molar-refractivity contribution is 5.76. The molecule has 1 saturated heterocycles. The Labute approximate surface area is 117 Å². The van der Waals surface area contributed by atoms with E-state index in [1.807, 2.05) is 19.1 Å². The number of aliphatic carboxylic acids is 1. The highest BCUT2D eigenvalue weighted by atomic mass is 16.4. The maximum atomic E-state index is 11.9. The van der Waals surface area contributed by atoms with Crippen molar-refractivity contribution in [2.45, 2.75) is 26.3 Å². The lowest BCUT2D eigenvalue weighted by Gasteiger charge is -2.41. The first-order chi connectivity index (χ1) is 9.47. The second-order valence-electron chi connectivity index (χ2n) is 5.43. The van der Waals surface area contributed by atoms with Gasteiger partial charge < -0.3 is 19.7 Å². The number of hydrogen-bond donors (Lipinski definition) is 2. The van der Waals surface area contributed by atoms with Crippen molar-refractivity contribution in [2.24, 2.45) is 11.8 Å². The highest BCUT2D eigenvalue weighted by Gasteiger charge is 2.37. The molecule has 1 aromatic heterocycles. The summed E-state index contributed by atoms with van der Waals surface area (Å²) in [6.45, 7) is 4.61. The summed E-state index contributed by atoms with van der Waals surface area (Å²) in [5.41, 5.74) is 0. The zero-order valence-electron chi connectivity index (χ0n) is 11.7. The van der Waals surface area contributed by atoms with Crippen LogP contribution in [0.25, 0.3) is 0 Å². The van der Waals surface area contributed by atoms with E-state index in [9.17, 15) is 9.59 Å². The molecule has 6 nitrogen and oxygen atoms in total. The SMILES string of the molecule is CC(Cc1ccco1)NC(=O)N1CC(C(C)C(=O)O)C1. The topological polar surface area (TPSA) is 82.8 Å². The van der Waals surface area contributed by atoms with E-state index in [-0.39, 0.29) is 18.0 Å². The van der Waals surface area contributed by atoms with Crippen molar-refractivity contribution < 1.29 is 19.1 Å². The van der Waals surface area contributed by atoms with Crippen LogP contribution in [0.1, 0.15) is 19.6 Å². The fourth-order valence-corrected chi connectivity index (χ4v) is 2.28. The number of carbonyl (C=O) groups excluding carboxylic acids is 1. The van der Waals surface area contributed by atoms with Crippen LogP contribution in [0.5, 0.6) is 0 Å². The lowest BCUT2D eigenvalue weighted by Crippen LogP contribution is -2.57. The van der Waals surface area contributed by atoms with Crippen molar-refractivity contribution in [3.8, 4) is 0 Å². The summed E-state index contributed by atoms with van der Waals surface area (Å²) in [7, 11) is 0. The third kappa shape index (κ3) is 3.31. The summed E-state index contributed by atoms with van der Waals surface area (Å²) in [5.74, 6) is -0.321. The molecule has 0 saturated carbocycles. The molecule has 2 unspecified atom stereocenters. The number of hydrogen-bond acceptors (Lipinski definition) is 3. The average molecular weight is 280 g/mol. The van der Waals surface area contributed by atoms with Gasteiger partial charge in [-0.15, -0.1) is 0 Å². The predicted octanol–water partition coefficient (Wildman–Crippen LogP) is 1.57. The van der Waals surface area contributed by atoms with Gasteiger partial charge in [0.15, 0.2) is 0 Å². The van der Waals surface area contributed by atoms with Gasteiger partial charge >= 0.3 is 12.0 Å². The monoisotopic (exact) mass is 280 g/mol. The maximum Gasteiger partial charge on any atom is 0.317 e. The van der Waals surface area contributed by atoms with Crippen molar-refractivity contribution in [1.82, 2.24) is 10.2 Å². The minimum absolute atomic E-state index is 0.0235. The van der Waals surface area contributed by atoms with Crippen molar-refractivity contribution >= 4 is 12.0 Å². The predicted molar refractivity (Wildman–Crippen MR) is 72.3 cm³/mol. The van der Waals surface area contributed by atoms with E-state index in [1.54, 1.807) is 18.1 Å². The Balaban J connectivity index is 1.73. The molecule has 0 spiro atoms. The molecule has 20 heavy (non-hydrogen) atoms. The van der Waals surface area contributed by atoms with Crippen LogP contribution in [0.15, 0.2) is 22.8 Å². The molecule has 6 heteroatoms. The minimum Gasteiger partial charge on any atom is -0.481 e. The minimum atomic E-state index is -0.804. The Hall–Kier alpha value is -1.98. The van der Waals surface area contributed by atoms with E-state index in [1.165, 1.54) is 0 Å². The molecule has 1 aromatic rings. The van der Waals surface area contributed by atoms with Crippen LogP contribution in [-0.2, 0) is 11.2 Å². The van der Waals surface area contributed by atoms with Crippen LogP contribution in [0.3, 0.4) is 0 Å². The number of carboxylic acid groups (broad SMARTS) is 1. The normalized spacial score (nSPS) is 18.2. The molecule has 0 bridgehead atoms. The maximum absolute atomic E-state index is 11.9. The number of amides is 2. The first kappa shape index (κ1) is 14.4. The third-order valence-electron chi connectivity index (χ3n) is 3.75. The largest absolute Gasteiger partial charge is 0.481 e. The molecule has 2 rings (SSSR count). The number of nitrogens with one attached hydrogen (secondary N) is 1. The molecule has 2 atom stereocenters. The Bertz CT molecular complexity index is 466. The van der Waals surface area contributed by atoms with E-state index in [0.29, 0.717) is 19.5 Å². The molecule has 0 aliphatic carbocycles. The summed E-state index contributed by atoms with van der Waals surface area (Å²) >= 11 is 0. The average Bonchev–Trinajstić information content (AvgIpc) is 2.78. The van der Waals surface area contributed by atoms with Crippen molar-refractivity contribution in [1.29, 1.82) is 0 Å². The lowest BCUT2D eigenvalue weighted by molar-refractivity contribution is -0.144. The molecule has 110 valence electrons. The zero-order chi connectivity index (χ0) is 14.7. The molecule has 2 N–H and O–H groups in total. The summed E-state index contributed by atoms with van der Waals surface area (Å²) in [5, 5.41) is 11.8. The third-order valence-corrected chi connectivity index (χ3v) is 3.75. The van der Waals surface area contributed by atoms with Gasteiger partial charge in [-0.3, -0.25) is 4.79 Å². The van der Waals surface area contributed by atoms with Crippen molar-refractivity contribution in [2.75, 3.05) is 13.1 Å². The van der Waals surface area contributed by atoms with Gasteiger partial charge in [0.25, 0.3) is 0 Å². The summed E-state index contributed by atoms with van der Waals surface area (Å²) in [6.07, 6.45) is 2.25. The summed E-state index contributed by atoms with van der Waals surface area (Å²) in [4.78, 5) is 24.4. The van der Waals surface area contributed by atoms with Crippen molar-refractivity contribution in [3.63, 3.8) is 0 Å². The fourth-order valence-electron chi connectivity index (χ4n) is 2.28. The van der Waals surface area contributed by atoms with Crippen LogP contribution < -0.4 is 5.32 Å². The standard InChI is InChI=1S/C14H20N2O4/c1-9(6-12-4-3-5-20-12)15-14(19)16-7-11(8-16)10(2)13(17)18/h3-5,9-11H,6-8H2,1-2H3,(H,15,19)(H,17,18). The number of rotatable bonds is 5. The lowest BCUT2D eigenvalue weighted by atomic mass is 9.87. The van der Waals surface area contributed by atoms with E-state index < -0.39 is 11.9 Å². The van der Waals surface area contributed by atoms with Gasteiger partial charge in [0, 0.05) is 31.5 Å². The second kappa shape index (κ2) is 5.98. The Morgan fingerprint density at radius 1 is 1.50 bits per heavy atom. The van der Waals surface area contributed by atoms with E-state index in [0.717, 1.165) is 5.76 Å². The number of likely N-dealkylation sites (tertiary alicyclic amines) is 1. The van der Waals surface area contributed by atoms with Gasteiger partial charge in [-0.05, 0) is 19.1 Å². The molecule has 1 fully saturated rings. The Morgan fingerprint density at radius 3 is 2.75 bits per heavy atom. The molecule has 2 heterocycles. The quantitative estimate of drug-likeness (QED) is 0.857. The molecule has 0 aromatic carbocycles. The number of nitrogens with zero attached hydrogens (tertiary/aromatic N) is 1. The summed E-state index contributed by atoms with van der Waals surface area (Å²) in [6, 6.07) is 3.52. The van der Waals surface area contributed by atoms with E-state index in [2.05, 4.69) is 5.32 Å². The smallest absolute Gasteiger partial charge is 0.317 e.